The van der Waals surface area contributed by atoms with E-state index in [4.69, 9.17) is 5.73 Å². The van der Waals surface area contributed by atoms with Crippen LogP contribution >= 0.6 is 0 Å². The van der Waals surface area contributed by atoms with Gasteiger partial charge in [0.1, 0.15) is 11.6 Å². The number of hydrogen-bond donors (Lipinski definition) is 1. The molecule has 0 atom stereocenters. The van der Waals surface area contributed by atoms with Gasteiger partial charge in [-0.15, -0.1) is 10.2 Å². The fourth-order valence-electron chi connectivity index (χ4n) is 3.83. The lowest BCUT2D eigenvalue weighted by Crippen LogP contribution is -2.27. The maximum Gasteiger partial charge on any atom is 0.136 e. The van der Waals surface area contributed by atoms with E-state index < -0.39 is 0 Å². The normalized spacial score (nSPS) is 29.6. The number of rotatable bonds is 2. The molecule has 19 heavy (non-hydrogen) atoms. The van der Waals surface area contributed by atoms with E-state index in [0.29, 0.717) is 18.0 Å². The molecule has 0 aliphatic heterocycles. The zero-order valence-corrected chi connectivity index (χ0v) is 12.0. The Labute approximate surface area is 115 Å². The van der Waals surface area contributed by atoms with Crippen molar-refractivity contribution in [2.75, 3.05) is 0 Å². The summed E-state index contributed by atoms with van der Waals surface area (Å²) in [4.78, 5) is 0. The van der Waals surface area contributed by atoms with Gasteiger partial charge in [0, 0.05) is 18.0 Å². The van der Waals surface area contributed by atoms with Crippen molar-refractivity contribution in [1.82, 2.24) is 14.8 Å². The first kappa shape index (κ1) is 13.1. The van der Waals surface area contributed by atoms with E-state index in [2.05, 4.69) is 21.7 Å². The molecule has 0 spiro atoms. The summed E-state index contributed by atoms with van der Waals surface area (Å²) in [6.07, 6.45) is 11.4. The molecule has 1 aromatic heterocycles. The van der Waals surface area contributed by atoms with Crippen LogP contribution in [0.4, 0.5) is 0 Å². The SMILES string of the molecule is Cc1nnc(C2CCC(N)CC2)n1C1CCCCC1. The van der Waals surface area contributed by atoms with Gasteiger partial charge in [0.05, 0.1) is 0 Å². The molecule has 0 amide bonds. The third kappa shape index (κ3) is 2.69. The minimum absolute atomic E-state index is 0.406. The predicted octanol–water partition coefficient (Wildman–Crippen LogP) is 3.08. The highest BCUT2D eigenvalue weighted by atomic mass is 15.3. The molecule has 2 fully saturated rings. The van der Waals surface area contributed by atoms with E-state index in [0.717, 1.165) is 18.7 Å². The van der Waals surface area contributed by atoms with Crippen LogP contribution in [-0.4, -0.2) is 20.8 Å². The lowest BCUT2D eigenvalue weighted by molar-refractivity contribution is 0.317. The van der Waals surface area contributed by atoms with E-state index in [1.807, 2.05) is 0 Å². The number of aryl methyl sites for hydroxylation is 1. The summed E-state index contributed by atoms with van der Waals surface area (Å²) in [5.41, 5.74) is 6.02. The molecule has 2 saturated carbocycles. The molecule has 106 valence electrons. The van der Waals surface area contributed by atoms with Crippen molar-refractivity contribution < 1.29 is 0 Å². The van der Waals surface area contributed by atoms with Gasteiger partial charge in [-0.2, -0.15) is 0 Å². The second kappa shape index (κ2) is 5.61. The molecular formula is C15H26N4. The number of hydrogen-bond acceptors (Lipinski definition) is 3. The second-order valence-corrected chi connectivity index (χ2v) is 6.38. The zero-order valence-electron chi connectivity index (χ0n) is 12.0. The molecule has 0 unspecified atom stereocenters. The molecule has 0 radical (unpaired) electrons. The van der Waals surface area contributed by atoms with E-state index in [9.17, 15) is 0 Å². The molecule has 4 nitrogen and oxygen atoms in total. The summed E-state index contributed by atoms with van der Waals surface area (Å²) in [7, 11) is 0. The molecule has 1 heterocycles. The first-order valence-electron chi connectivity index (χ1n) is 7.92. The number of nitrogens with two attached hydrogens (primary N) is 1. The van der Waals surface area contributed by atoms with Gasteiger partial charge >= 0.3 is 0 Å². The number of nitrogens with zero attached hydrogens (tertiary/aromatic N) is 3. The smallest absolute Gasteiger partial charge is 0.136 e. The van der Waals surface area contributed by atoms with Crippen molar-refractivity contribution in [1.29, 1.82) is 0 Å². The van der Waals surface area contributed by atoms with Gasteiger partial charge in [-0.05, 0) is 45.4 Å². The lowest BCUT2D eigenvalue weighted by Gasteiger charge is -2.30. The molecule has 0 saturated heterocycles. The average Bonchev–Trinajstić information content (AvgIpc) is 2.82. The highest BCUT2D eigenvalue weighted by molar-refractivity contribution is 5.05. The zero-order chi connectivity index (χ0) is 13.2. The van der Waals surface area contributed by atoms with Gasteiger partial charge in [-0.1, -0.05) is 19.3 Å². The molecule has 1 aromatic rings. The first-order chi connectivity index (χ1) is 9.25. The lowest BCUT2D eigenvalue weighted by atomic mass is 9.85. The maximum atomic E-state index is 6.02. The van der Waals surface area contributed by atoms with Crippen LogP contribution in [0.1, 0.15) is 81.4 Å². The van der Waals surface area contributed by atoms with Crippen LogP contribution in [0.15, 0.2) is 0 Å². The summed E-state index contributed by atoms with van der Waals surface area (Å²) < 4.78 is 2.46. The Bertz CT molecular complexity index is 412. The highest BCUT2D eigenvalue weighted by Crippen LogP contribution is 2.36. The fraction of sp³-hybridized carbons (Fsp3) is 0.867. The van der Waals surface area contributed by atoms with Gasteiger partial charge < -0.3 is 10.3 Å². The largest absolute Gasteiger partial charge is 0.328 e. The van der Waals surface area contributed by atoms with Gasteiger partial charge in [-0.3, -0.25) is 0 Å². The van der Waals surface area contributed by atoms with Gasteiger partial charge in [0.15, 0.2) is 0 Å². The summed E-state index contributed by atoms with van der Waals surface area (Å²) in [6.45, 7) is 2.11. The minimum atomic E-state index is 0.406. The van der Waals surface area contributed by atoms with Crippen LogP contribution in [0.5, 0.6) is 0 Å². The Morgan fingerprint density at radius 2 is 1.63 bits per heavy atom. The van der Waals surface area contributed by atoms with Crippen molar-refractivity contribution >= 4 is 0 Å². The van der Waals surface area contributed by atoms with Crippen molar-refractivity contribution in [3.8, 4) is 0 Å². The molecule has 0 bridgehead atoms. The quantitative estimate of drug-likeness (QED) is 0.891. The van der Waals surface area contributed by atoms with Crippen LogP contribution in [0.25, 0.3) is 0 Å². The van der Waals surface area contributed by atoms with E-state index in [1.165, 1.54) is 50.8 Å². The minimum Gasteiger partial charge on any atom is -0.328 e. The van der Waals surface area contributed by atoms with Gasteiger partial charge in [0.25, 0.3) is 0 Å². The van der Waals surface area contributed by atoms with Crippen LogP contribution in [0.3, 0.4) is 0 Å². The van der Waals surface area contributed by atoms with Gasteiger partial charge in [-0.25, -0.2) is 0 Å². The summed E-state index contributed by atoms with van der Waals surface area (Å²) in [5, 5.41) is 8.88. The molecule has 0 aromatic carbocycles. The van der Waals surface area contributed by atoms with Crippen molar-refractivity contribution in [2.45, 2.75) is 82.7 Å². The van der Waals surface area contributed by atoms with Crippen LogP contribution in [0, 0.1) is 6.92 Å². The first-order valence-corrected chi connectivity index (χ1v) is 7.92. The topological polar surface area (TPSA) is 56.7 Å². The van der Waals surface area contributed by atoms with Crippen molar-refractivity contribution in [2.24, 2.45) is 5.73 Å². The summed E-state index contributed by atoms with van der Waals surface area (Å²) in [5.74, 6) is 2.94. The Kier molecular flexibility index (Phi) is 3.87. The third-order valence-corrected chi connectivity index (χ3v) is 4.97. The summed E-state index contributed by atoms with van der Waals surface area (Å²) >= 11 is 0. The maximum absolute atomic E-state index is 6.02. The summed E-state index contributed by atoms with van der Waals surface area (Å²) in [6, 6.07) is 1.05. The predicted molar refractivity (Wildman–Crippen MR) is 76.1 cm³/mol. The Morgan fingerprint density at radius 3 is 2.32 bits per heavy atom. The van der Waals surface area contributed by atoms with Gasteiger partial charge in [0.2, 0.25) is 0 Å². The van der Waals surface area contributed by atoms with Crippen LogP contribution in [-0.2, 0) is 0 Å². The molecule has 3 rings (SSSR count). The van der Waals surface area contributed by atoms with E-state index in [-0.39, 0.29) is 0 Å². The van der Waals surface area contributed by atoms with E-state index >= 15 is 0 Å². The second-order valence-electron chi connectivity index (χ2n) is 6.38. The standard InChI is InChI=1S/C15H26N4/c1-11-17-18-15(12-7-9-13(16)10-8-12)19(11)14-5-3-2-4-6-14/h12-14H,2-10,16H2,1H3. The third-order valence-electron chi connectivity index (χ3n) is 4.97. The van der Waals surface area contributed by atoms with Crippen molar-refractivity contribution in [3.05, 3.63) is 11.6 Å². The van der Waals surface area contributed by atoms with Crippen molar-refractivity contribution in [3.63, 3.8) is 0 Å². The van der Waals surface area contributed by atoms with Crippen LogP contribution < -0.4 is 5.73 Å². The molecule has 2 N–H and O–H groups in total. The fourth-order valence-corrected chi connectivity index (χ4v) is 3.83. The Hall–Kier alpha value is -0.900. The molecule has 4 heteroatoms. The molecule has 2 aliphatic carbocycles. The van der Waals surface area contributed by atoms with E-state index in [1.54, 1.807) is 0 Å². The number of aromatic nitrogens is 3. The van der Waals surface area contributed by atoms with Crippen LogP contribution in [0.2, 0.25) is 0 Å². The molecule has 2 aliphatic rings. The Morgan fingerprint density at radius 1 is 0.947 bits per heavy atom. The molecular weight excluding hydrogens is 236 g/mol. The monoisotopic (exact) mass is 262 g/mol. The Balaban J connectivity index is 1.81. The average molecular weight is 262 g/mol. The highest BCUT2D eigenvalue weighted by Gasteiger charge is 2.28.